The van der Waals surface area contributed by atoms with Crippen LogP contribution in [0.15, 0.2) is 29.6 Å². The SMILES string of the molecule is CCOC(=O)Cc1csc(COc2cccc(C(F)(F)F)c2)n1. The number of hydrogen-bond acceptors (Lipinski definition) is 5. The fourth-order valence-corrected chi connectivity index (χ4v) is 2.47. The van der Waals surface area contributed by atoms with Crippen LogP contribution < -0.4 is 4.74 Å². The number of benzene rings is 1. The van der Waals surface area contributed by atoms with E-state index in [2.05, 4.69) is 4.98 Å². The van der Waals surface area contributed by atoms with Crippen LogP contribution in [0, 0.1) is 0 Å². The van der Waals surface area contributed by atoms with Crippen molar-refractivity contribution in [3.05, 3.63) is 45.9 Å². The average molecular weight is 345 g/mol. The minimum atomic E-state index is -4.41. The highest BCUT2D eigenvalue weighted by Crippen LogP contribution is 2.31. The molecule has 0 aliphatic heterocycles. The Labute approximate surface area is 134 Å². The van der Waals surface area contributed by atoms with Crippen molar-refractivity contribution < 1.29 is 27.4 Å². The second kappa shape index (κ2) is 7.45. The third-order valence-corrected chi connectivity index (χ3v) is 3.62. The van der Waals surface area contributed by atoms with Crippen molar-refractivity contribution in [2.75, 3.05) is 6.61 Å². The maximum Gasteiger partial charge on any atom is 0.416 e. The Kier molecular flexibility index (Phi) is 5.59. The first-order valence-corrected chi connectivity index (χ1v) is 7.65. The second-order valence-corrected chi connectivity index (χ2v) is 5.47. The molecule has 8 heteroatoms. The number of alkyl halides is 3. The summed E-state index contributed by atoms with van der Waals surface area (Å²) < 4.78 is 48.0. The predicted molar refractivity (Wildman–Crippen MR) is 78.2 cm³/mol. The average Bonchev–Trinajstić information content (AvgIpc) is 2.92. The Hall–Kier alpha value is -2.09. The summed E-state index contributed by atoms with van der Waals surface area (Å²) in [6.45, 7) is 2.05. The summed E-state index contributed by atoms with van der Waals surface area (Å²) in [6, 6.07) is 4.65. The molecule has 0 saturated heterocycles. The Balaban J connectivity index is 1.94. The van der Waals surface area contributed by atoms with E-state index in [-0.39, 0.29) is 24.7 Å². The number of rotatable bonds is 6. The van der Waals surface area contributed by atoms with Gasteiger partial charge in [0.25, 0.3) is 0 Å². The molecule has 0 aliphatic rings. The molecule has 0 amide bonds. The number of aromatic nitrogens is 1. The smallest absolute Gasteiger partial charge is 0.416 e. The zero-order valence-electron chi connectivity index (χ0n) is 12.2. The molecule has 1 heterocycles. The summed E-state index contributed by atoms with van der Waals surface area (Å²) >= 11 is 1.27. The molecule has 2 rings (SSSR count). The third kappa shape index (κ3) is 5.24. The van der Waals surface area contributed by atoms with Crippen LogP contribution in [0.4, 0.5) is 13.2 Å². The molecule has 0 fully saturated rings. The van der Waals surface area contributed by atoms with E-state index in [1.807, 2.05) is 0 Å². The van der Waals surface area contributed by atoms with Gasteiger partial charge in [0.15, 0.2) is 0 Å². The molecule has 2 aromatic rings. The third-order valence-electron chi connectivity index (χ3n) is 2.75. The molecule has 4 nitrogen and oxygen atoms in total. The Morgan fingerprint density at radius 1 is 1.35 bits per heavy atom. The number of hydrogen-bond donors (Lipinski definition) is 0. The molecule has 0 saturated carbocycles. The molecular formula is C15H14F3NO3S. The highest BCUT2D eigenvalue weighted by atomic mass is 32.1. The quantitative estimate of drug-likeness (QED) is 0.746. The fraction of sp³-hybridized carbons (Fsp3) is 0.333. The lowest BCUT2D eigenvalue weighted by Gasteiger charge is -2.09. The van der Waals surface area contributed by atoms with E-state index in [1.165, 1.54) is 23.5 Å². The summed E-state index contributed by atoms with van der Waals surface area (Å²) in [5.41, 5.74) is -0.215. The monoisotopic (exact) mass is 345 g/mol. The molecular weight excluding hydrogens is 331 g/mol. The van der Waals surface area contributed by atoms with E-state index in [1.54, 1.807) is 12.3 Å². The van der Waals surface area contributed by atoms with Crippen molar-refractivity contribution in [1.82, 2.24) is 4.98 Å². The molecule has 124 valence electrons. The topological polar surface area (TPSA) is 48.4 Å². The molecule has 0 aliphatic carbocycles. The van der Waals surface area contributed by atoms with Crippen molar-refractivity contribution in [1.29, 1.82) is 0 Å². The van der Waals surface area contributed by atoms with Gasteiger partial charge in [0.2, 0.25) is 0 Å². The van der Waals surface area contributed by atoms with Gasteiger partial charge in [0.1, 0.15) is 17.4 Å². The first-order valence-electron chi connectivity index (χ1n) is 6.77. The largest absolute Gasteiger partial charge is 0.486 e. The van der Waals surface area contributed by atoms with Crippen LogP contribution in [-0.2, 0) is 28.7 Å². The van der Waals surface area contributed by atoms with Gasteiger partial charge in [-0.3, -0.25) is 4.79 Å². The van der Waals surface area contributed by atoms with Gasteiger partial charge in [-0.2, -0.15) is 13.2 Å². The maximum absolute atomic E-state index is 12.6. The molecule has 0 atom stereocenters. The second-order valence-electron chi connectivity index (χ2n) is 4.53. The van der Waals surface area contributed by atoms with Crippen LogP contribution in [0.25, 0.3) is 0 Å². The first kappa shape index (κ1) is 17.3. The zero-order chi connectivity index (χ0) is 16.9. The van der Waals surface area contributed by atoms with Crippen LogP contribution in [0.3, 0.4) is 0 Å². The van der Waals surface area contributed by atoms with Crippen molar-refractivity contribution in [2.45, 2.75) is 26.1 Å². The molecule has 0 bridgehead atoms. The Morgan fingerprint density at radius 2 is 2.13 bits per heavy atom. The molecule has 0 N–H and O–H groups in total. The number of ether oxygens (including phenoxy) is 2. The lowest BCUT2D eigenvalue weighted by Crippen LogP contribution is -2.08. The van der Waals surface area contributed by atoms with Gasteiger partial charge in [-0.15, -0.1) is 11.3 Å². The van der Waals surface area contributed by atoms with Crippen LogP contribution in [0.5, 0.6) is 5.75 Å². The molecule has 23 heavy (non-hydrogen) atoms. The number of carbonyl (C=O) groups is 1. The minimum absolute atomic E-state index is 0.0365. The van der Waals surface area contributed by atoms with E-state index >= 15 is 0 Å². The number of thiazole rings is 1. The first-order chi connectivity index (χ1) is 10.9. The van der Waals surface area contributed by atoms with Crippen molar-refractivity contribution in [2.24, 2.45) is 0 Å². The normalized spacial score (nSPS) is 11.3. The van der Waals surface area contributed by atoms with Crippen LogP contribution >= 0.6 is 11.3 Å². The summed E-state index contributed by atoms with van der Waals surface area (Å²) in [6.07, 6.45) is -4.35. The van der Waals surface area contributed by atoms with E-state index < -0.39 is 11.7 Å². The Bertz CT molecular complexity index is 670. The number of nitrogens with zero attached hydrogens (tertiary/aromatic N) is 1. The predicted octanol–water partition coefficient (Wildman–Crippen LogP) is 3.85. The Morgan fingerprint density at radius 3 is 2.83 bits per heavy atom. The number of esters is 1. The van der Waals surface area contributed by atoms with Gasteiger partial charge in [-0.1, -0.05) is 6.07 Å². The molecule has 0 radical (unpaired) electrons. The number of halogens is 3. The summed E-state index contributed by atoms with van der Waals surface area (Å²) in [5.74, 6) is -0.259. The standard InChI is InChI=1S/C15H14F3NO3S/c1-2-21-14(20)7-11-9-23-13(19-11)8-22-12-5-3-4-10(6-12)15(16,17)18/h3-6,9H,2,7-8H2,1H3. The van der Waals surface area contributed by atoms with Crippen molar-refractivity contribution in [3.63, 3.8) is 0 Å². The van der Waals surface area contributed by atoms with Crippen molar-refractivity contribution in [3.8, 4) is 5.75 Å². The highest BCUT2D eigenvalue weighted by Gasteiger charge is 2.30. The fourth-order valence-electron chi connectivity index (χ4n) is 1.76. The van der Waals surface area contributed by atoms with Gasteiger partial charge in [0.05, 0.1) is 24.3 Å². The van der Waals surface area contributed by atoms with Gasteiger partial charge in [0, 0.05) is 5.38 Å². The van der Waals surface area contributed by atoms with Gasteiger partial charge in [-0.05, 0) is 25.1 Å². The van der Waals surface area contributed by atoms with Crippen LogP contribution in [0.1, 0.15) is 23.2 Å². The highest BCUT2D eigenvalue weighted by molar-refractivity contribution is 7.09. The molecule has 0 spiro atoms. The van der Waals surface area contributed by atoms with E-state index in [0.717, 1.165) is 12.1 Å². The summed E-state index contributed by atoms with van der Waals surface area (Å²) in [4.78, 5) is 15.5. The number of carbonyl (C=O) groups excluding carboxylic acids is 1. The maximum atomic E-state index is 12.6. The van der Waals surface area contributed by atoms with E-state index in [4.69, 9.17) is 9.47 Å². The van der Waals surface area contributed by atoms with Gasteiger partial charge < -0.3 is 9.47 Å². The molecule has 0 unspecified atom stereocenters. The van der Waals surface area contributed by atoms with Gasteiger partial charge >= 0.3 is 12.1 Å². The zero-order valence-corrected chi connectivity index (χ0v) is 13.0. The lowest BCUT2D eigenvalue weighted by atomic mass is 10.2. The van der Waals surface area contributed by atoms with Crippen molar-refractivity contribution >= 4 is 17.3 Å². The summed E-state index contributed by atoms with van der Waals surface area (Å²) in [5, 5.41) is 2.27. The lowest BCUT2D eigenvalue weighted by molar-refractivity contribution is -0.142. The minimum Gasteiger partial charge on any atom is -0.486 e. The molecule has 1 aromatic heterocycles. The van der Waals surface area contributed by atoms with E-state index in [9.17, 15) is 18.0 Å². The summed E-state index contributed by atoms with van der Waals surface area (Å²) in [7, 11) is 0. The van der Waals surface area contributed by atoms with Crippen LogP contribution in [0.2, 0.25) is 0 Å². The van der Waals surface area contributed by atoms with Gasteiger partial charge in [-0.25, -0.2) is 4.98 Å². The van der Waals surface area contributed by atoms with E-state index in [0.29, 0.717) is 17.3 Å². The van der Waals surface area contributed by atoms with Crippen LogP contribution in [-0.4, -0.2) is 17.6 Å². The molecule has 1 aromatic carbocycles.